The molecular weight excluding hydrogens is 416 g/mol. The molecule has 8 nitrogen and oxygen atoms in total. The number of rotatable bonds is 6. The highest BCUT2D eigenvalue weighted by Gasteiger charge is 2.31. The molecule has 0 radical (unpaired) electrons. The monoisotopic (exact) mass is 444 g/mol. The van der Waals surface area contributed by atoms with E-state index < -0.39 is 22.1 Å². The molecule has 2 aromatic rings. The van der Waals surface area contributed by atoms with E-state index in [4.69, 9.17) is 5.73 Å². The van der Waals surface area contributed by atoms with E-state index in [0.717, 1.165) is 16.7 Å². The van der Waals surface area contributed by atoms with E-state index >= 15 is 0 Å². The van der Waals surface area contributed by atoms with Gasteiger partial charge in [-0.3, -0.25) is 4.79 Å². The number of nitrogens with two attached hydrogens (primary N) is 1. The number of sulfonamides is 1. The van der Waals surface area contributed by atoms with E-state index in [1.807, 2.05) is 44.2 Å². The molecule has 0 saturated carbocycles. The van der Waals surface area contributed by atoms with Gasteiger partial charge in [-0.25, -0.2) is 13.2 Å². The van der Waals surface area contributed by atoms with Crippen LogP contribution in [0.15, 0.2) is 53.4 Å². The second-order valence-corrected chi connectivity index (χ2v) is 9.64. The number of hydrogen-bond acceptors (Lipinski definition) is 4. The molecular formula is C22H28N4O4S. The molecule has 0 aromatic heterocycles. The van der Waals surface area contributed by atoms with Crippen molar-refractivity contribution in [1.29, 1.82) is 0 Å². The highest BCUT2D eigenvalue weighted by Crippen LogP contribution is 2.22. The van der Waals surface area contributed by atoms with Gasteiger partial charge in [0.25, 0.3) is 0 Å². The molecule has 31 heavy (non-hydrogen) atoms. The number of nitrogens with one attached hydrogen (secondary N) is 1. The number of hydrogen-bond donors (Lipinski definition) is 2. The lowest BCUT2D eigenvalue weighted by Gasteiger charge is -2.34. The Morgan fingerprint density at radius 3 is 2.23 bits per heavy atom. The summed E-state index contributed by atoms with van der Waals surface area (Å²) in [6.45, 7) is 4.85. The molecule has 166 valence electrons. The van der Waals surface area contributed by atoms with Crippen LogP contribution in [0.3, 0.4) is 0 Å². The van der Waals surface area contributed by atoms with Gasteiger partial charge >= 0.3 is 6.03 Å². The molecule has 3 amide bonds. The average molecular weight is 445 g/mol. The maximum absolute atomic E-state index is 13.0. The van der Waals surface area contributed by atoms with Crippen molar-refractivity contribution in [3.63, 3.8) is 0 Å². The highest BCUT2D eigenvalue weighted by molar-refractivity contribution is 7.89. The van der Waals surface area contributed by atoms with Crippen molar-refractivity contribution in [2.75, 3.05) is 26.2 Å². The van der Waals surface area contributed by atoms with Crippen LogP contribution >= 0.6 is 0 Å². The van der Waals surface area contributed by atoms with Gasteiger partial charge in [0.05, 0.1) is 17.4 Å². The number of nitrogens with zero attached hydrogens (tertiary/aromatic N) is 2. The second kappa shape index (κ2) is 9.49. The van der Waals surface area contributed by atoms with E-state index in [9.17, 15) is 18.0 Å². The van der Waals surface area contributed by atoms with Crippen LogP contribution in [0.2, 0.25) is 0 Å². The Morgan fingerprint density at radius 1 is 1.00 bits per heavy atom. The summed E-state index contributed by atoms with van der Waals surface area (Å²) in [6, 6.07) is 13.0. The fourth-order valence-corrected chi connectivity index (χ4v) is 5.12. The predicted octanol–water partition coefficient (Wildman–Crippen LogP) is 1.94. The SMILES string of the molecule is Cc1ccc(S(=O)(=O)N2CCN(C(=O)C[C@H](NC(N)=O)c3ccccc3)CC2)cc1C. The normalized spacial score (nSPS) is 16.0. The Balaban J connectivity index is 1.64. The third-order valence-electron chi connectivity index (χ3n) is 5.60. The summed E-state index contributed by atoms with van der Waals surface area (Å²) in [5, 5.41) is 2.62. The number of amides is 3. The van der Waals surface area contributed by atoms with E-state index in [1.165, 1.54) is 4.31 Å². The van der Waals surface area contributed by atoms with Crippen LogP contribution in [0.5, 0.6) is 0 Å². The highest BCUT2D eigenvalue weighted by atomic mass is 32.2. The second-order valence-electron chi connectivity index (χ2n) is 7.71. The minimum atomic E-state index is -3.61. The lowest BCUT2D eigenvalue weighted by molar-refractivity contribution is -0.132. The van der Waals surface area contributed by atoms with E-state index in [1.54, 1.807) is 23.1 Å². The first-order chi connectivity index (χ1) is 14.7. The number of benzene rings is 2. The van der Waals surface area contributed by atoms with E-state index in [0.29, 0.717) is 13.1 Å². The number of carbonyl (C=O) groups excluding carboxylic acids is 2. The van der Waals surface area contributed by atoms with Crippen molar-refractivity contribution in [3.05, 3.63) is 65.2 Å². The third-order valence-corrected chi connectivity index (χ3v) is 7.50. The molecule has 0 aliphatic carbocycles. The lowest BCUT2D eigenvalue weighted by atomic mass is 10.0. The van der Waals surface area contributed by atoms with Gasteiger partial charge in [-0.2, -0.15) is 4.31 Å². The maximum atomic E-state index is 13.0. The number of piperazine rings is 1. The summed E-state index contributed by atoms with van der Waals surface area (Å²) >= 11 is 0. The van der Waals surface area contributed by atoms with Crippen LogP contribution in [0.25, 0.3) is 0 Å². The number of carbonyl (C=O) groups is 2. The molecule has 1 aliphatic heterocycles. The molecule has 1 aliphatic rings. The first-order valence-electron chi connectivity index (χ1n) is 10.1. The van der Waals surface area contributed by atoms with Crippen LogP contribution in [0.4, 0.5) is 4.79 Å². The van der Waals surface area contributed by atoms with Crippen molar-refractivity contribution in [2.45, 2.75) is 31.2 Å². The van der Waals surface area contributed by atoms with Crippen molar-refractivity contribution in [2.24, 2.45) is 5.73 Å². The Labute approximate surface area is 183 Å². The molecule has 3 rings (SSSR count). The van der Waals surface area contributed by atoms with Crippen molar-refractivity contribution in [1.82, 2.24) is 14.5 Å². The van der Waals surface area contributed by atoms with Crippen LogP contribution in [0, 0.1) is 13.8 Å². The topological polar surface area (TPSA) is 113 Å². The van der Waals surface area contributed by atoms with Gasteiger partial charge in [0.15, 0.2) is 0 Å². The standard InChI is InChI=1S/C22H28N4O4S/c1-16-8-9-19(14-17(16)2)31(29,30)26-12-10-25(11-13-26)21(27)15-20(24-22(23)28)18-6-4-3-5-7-18/h3-9,14,20H,10-13,15H2,1-2H3,(H3,23,24,28)/t20-/m0/s1. The van der Waals surface area contributed by atoms with Crippen LogP contribution in [0.1, 0.15) is 29.2 Å². The summed E-state index contributed by atoms with van der Waals surface area (Å²) in [5.41, 5.74) is 8.02. The Kier molecular flexibility index (Phi) is 6.97. The molecule has 1 fully saturated rings. The summed E-state index contributed by atoms with van der Waals surface area (Å²) in [5.74, 6) is -0.161. The van der Waals surface area contributed by atoms with Crippen LogP contribution in [-0.4, -0.2) is 55.7 Å². The molecule has 9 heteroatoms. The zero-order chi connectivity index (χ0) is 22.6. The molecule has 0 bridgehead atoms. The van der Waals surface area contributed by atoms with Gasteiger partial charge in [0.1, 0.15) is 0 Å². The van der Waals surface area contributed by atoms with Crippen LogP contribution in [-0.2, 0) is 14.8 Å². The average Bonchev–Trinajstić information content (AvgIpc) is 2.75. The zero-order valence-electron chi connectivity index (χ0n) is 17.7. The molecule has 0 unspecified atom stereocenters. The van der Waals surface area contributed by atoms with E-state index in [2.05, 4.69) is 5.32 Å². The molecule has 2 aromatic carbocycles. The van der Waals surface area contributed by atoms with Gasteiger partial charge in [-0.15, -0.1) is 0 Å². The van der Waals surface area contributed by atoms with Crippen LogP contribution < -0.4 is 11.1 Å². The Morgan fingerprint density at radius 2 is 1.65 bits per heavy atom. The molecule has 3 N–H and O–H groups in total. The number of urea groups is 1. The zero-order valence-corrected chi connectivity index (χ0v) is 18.6. The van der Waals surface area contributed by atoms with Crippen molar-refractivity contribution in [3.8, 4) is 0 Å². The lowest BCUT2D eigenvalue weighted by Crippen LogP contribution is -2.51. The van der Waals surface area contributed by atoms with Gasteiger partial charge in [-0.05, 0) is 42.7 Å². The van der Waals surface area contributed by atoms with E-state index in [-0.39, 0.29) is 30.3 Å². The smallest absolute Gasteiger partial charge is 0.312 e. The van der Waals surface area contributed by atoms with Gasteiger partial charge in [-0.1, -0.05) is 36.4 Å². The largest absolute Gasteiger partial charge is 0.352 e. The number of primary amides is 1. The third kappa shape index (κ3) is 5.42. The fourth-order valence-electron chi connectivity index (χ4n) is 3.61. The predicted molar refractivity (Wildman–Crippen MR) is 118 cm³/mol. The quantitative estimate of drug-likeness (QED) is 0.709. The summed E-state index contributed by atoms with van der Waals surface area (Å²) in [4.78, 5) is 26.1. The Bertz CT molecular complexity index is 1050. The number of aryl methyl sites for hydroxylation is 2. The molecule has 1 saturated heterocycles. The minimum absolute atomic E-state index is 0.0524. The first kappa shape index (κ1) is 22.8. The minimum Gasteiger partial charge on any atom is -0.352 e. The summed E-state index contributed by atoms with van der Waals surface area (Å²) in [6.07, 6.45) is 0.0524. The molecule has 1 atom stereocenters. The maximum Gasteiger partial charge on any atom is 0.312 e. The molecule has 1 heterocycles. The van der Waals surface area contributed by atoms with Crippen molar-refractivity contribution < 1.29 is 18.0 Å². The fraction of sp³-hybridized carbons (Fsp3) is 0.364. The first-order valence-corrected chi connectivity index (χ1v) is 11.6. The summed E-state index contributed by atoms with van der Waals surface area (Å²) < 4.78 is 27.4. The van der Waals surface area contributed by atoms with Gasteiger partial charge in [0.2, 0.25) is 15.9 Å². The summed E-state index contributed by atoms with van der Waals surface area (Å²) in [7, 11) is -3.61. The Hall–Kier alpha value is -2.91. The van der Waals surface area contributed by atoms with Crippen molar-refractivity contribution >= 4 is 22.0 Å². The molecule has 0 spiro atoms. The van der Waals surface area contributed by atoms with Gasteiger partial charge in [0, 0.05) is 26.2 Å². The van der Waals surface area contributed by atoms with Gasteiger partial charge < -0.3 is 16.0 Å².